The standard InChI is InChI=1S/C36H41ClN6O4/c1-22(44)15-38-16-24-17-39-33(14-32(24)46-4)43-31-11-7-8-26(29(31)18-40-43)27-9-6-10-28(34(27)37)30-13-12-23(35(41-30)47-5)19-42-20-25(21-42)36(2,3)45/h6-14,17-18,22,25,38,44-45H,15-16,19-21H2,1-5H3/t22-/m1/s1. The Balaban J connectivity index is 1.28. The number of benzene rings is 2. The lowest BCUT2D eigenvalue weighted by atomic mass is 9.84. The van der Waals surface area contributed by atoms with Gasteiger partial charge in [0.2, 0.25) is 5.88 Å². The van der Waals surface area contributed by atoms with Crippen molar-refractivity contribution in [1.29, 1.82) is 0 Å². The number of fused-ring (bicyclic) bond motifs is 1. The number of likely N-dealkylation sites (tertiary alicyclic amines) is 1. The largest absolute Gasteiger partial charge is 0.496 e. The second-order valence-corrected chi connectivity index (χ2v) is 13.1. The Morgan fingerprint density at radius 1 is 1.00 bits per heavy atom. The molecule has 1 fully saturated rings. The molecule has 3 aromatic heterocycles. The van der Waals surface area contributed by atoms with Crippen LogP contribution in [0, 0.1) is 5.92 Å². The molecule has 1 atom stereocenters. The first-order valence-electron chi connectivity index (χ1n) is 15.7. The monoisotopic (exact) mass is 656 g/mol. The van der Waals surface area contributed by atoms with E-state index in [0.29, 0.717) is 42.1 Å². The molecule has 0 spiro atoms. The molecule has 1 saturated heterocycles. The number of aliphatic hydroxyl groups excluding tert-OH is 1. The summed E-state index contributed by atoms with van der Waals surface area (Å²) in [5.41, 5.74) is 5.40. The zero-order chi connectivity index (χ0) is 33.3. The van der Waals surface area contributed by atoms with Gasteiger partial charge >= 0.3 is 0 Å². The van der Waals surface area contributed by atoms with Crippen LogP contribution in [-0.2, 0) is 13.1 Å². The van der Waals surface area contributed by atoms with Crippen molar-refractivity contribution < 1.29 is 19.7 Å². The van der Waals surface area contributed by atoms with E-state index in [2.05, 4.69) is 15.2 Å². The topological polar surface area (TPSA) is 118 Å². The van der Waals surface area contributed by atoms with Crippen LogP contribution in [0.15, 0.2) is 67.0 Å². The lowest BCUT2D eigenvalue weighted by Crippen LogP contribution is -2.55. The minimum atomic E-state index is -0.679. The Kier molecular flexibility index (Phi) is 9.50. The fraction of sp³-hybridized carbons (Fsp3) is 0.361. The number of aliphatic hydroxyl groups is 2. The summed E-state index contributed by atoms with van der Waals surface area (Å²) < 4.78 is 13.2. The normalized spacial score (nSPS) is 14.7. The molecule has 2 aromatic carbocycles. The fourth-order valence-corrected chi connectivity index (χ4v) is 6.34. The number of ether oxygens (including phenoxy) is 2. The Bertz CT molecular complexity index is 1880. The summed E-state index contributed by atoms with van der Waals surface area (Å²) in [4.78, 5) is 11.8. The molecule has 5 aromatic rings. The number of hydrogen-bond acceptors (Lipinski definition) is 9. The third-order valence-electron chi connectivity index (χ3n) is 8.78. The molecule has 4 heterocycles. The molecule has 0 unspecified atom stereocenters. The molecule has 47 heavy (non-hydrogen) atoms. The predicted molar refractivity (Wildman–Crippen MR) is 184 cm³/mol. The quantitative estimate of drug-likeness (QED) is 0.160. The zero-order valence-corrected chi connectivity index (χ0v) is 28.1. The van der Waals surface area contributed by atoms with Gasteiger partial charge in [0.25, 0.3) is 0 Å². The average molecular weight is 657 g/mol. The van der Waals surface area contributed by atoms with Crippen LogP contribution in [0.5, 0.6) is 11.6 Å². The summed E-state index contributed by atoms with van der Waals surface area (Å²) >= 11 is 7.14. The molecule has 0 bridgehead atoms. The van der Waals surface area contributed by atoms with Gasteiger partial charge in [-0.1, -0.05) is 48.0 Å². The third kappa shape index (κ3) is 6.83. The minimum Gasteiger partial charge on any atom is -0.496 e. The van der Waals surface area contributed by atoms with Gasteiger partial charge in [-0.25, -0.2) is 14.6 Å². The summed E-state index contributed by atoms with van der Waals surface area (Å²) in [7, 11) is 3.26. The Morgan fingerprint density at radius 2 is 1.74 bits per heavy atom. The summed E-state index contributed by atoms with van der Waals surface area (Å²) in [6, 6.07) is 17.9. The van der Waals surface area contributed by atoms with Crippen molar-refractivity contribution in [3.05, 3.63) is 83.1 Å². The molecular weight excluding hydrogens is 616 g/mol. The SMILES string of the molecule is COc1cc(-n2ncc3c(-c4cccc(-c5ccc(CN6CC(C(C)(C)O)C6)c(OC)n5)c4Cl)cccc32)ncc1CNC[C@@H](C)O. The highest BCUT2D eigenvalue weighted by atomic mass is 35.5. The van der Waals surface area contributed by atoms with Crippen molar-refractivity contribution in [2.45, 2.75) is 45.6 Å². The van der Waals surface area contributed by atoms with E-state index in [-0.39, 0.29) is 5.92 Å². The first-order chi connectivity index (χ1) is 22.6. The summed E-state index contributed by atoms with van der Waals surface area (Å²) in [6.07, 6.45) is 3.15. The number of rotatable bonds is 12. The Morgan fingerprint density at radius 3 is 2.47 bits per heavy atom. The molecule has 1 aliphatic rings. The van der Waals surface area contributed by atoms with Gasteiger partial charge < -0.3 is 25.0 Å². The molecule has 10 nitrogen and oxygen atoms in total. The van der Waals surface area contributed by atoms with Gasteiger partial charge in [-0.15, -0.1) is 0 Å². The van der Waals surface area contributed by atoms with E-state index in [1.165, 1.54) is 0 Å². The van der Waals surface area contributed by atoms with Crippen LogP contribution in [0.25, 0.3) is 39.1 Å². The second-order valence-electron chi connectivity index (χ2n) is 12.7. The van der Waals surface area contributed by atoms with E-state index in [1.807, 2.05) is 74.6 Å². The van der Waals surface area contributed by atoms with E-state index < -0.39 is 11.7 Å². The molecule has 6 rings (SSSR count). The number of halogens is 1. The van der Waals surface area contributed by atoms with E-state index in [0.717, 1.165) is 57.5 Å². The highest BCUT2D eigenvalue weighted by Crippen LogP contribution is 2.40. The van der Waals surface area contributed by atoms with Crippen molar-refractivity contribution >= 4 is 22.5 Å². The second kappa shape index (κ2) is 13.6. The summed E-state index contributed by atoms with van der Waals surface area (Å²) in [5.74, 6) is 2.12. The zero-order valence-electron chi connectivity index (χ0n) is 27.4. The molecule has 0 amide bonds. The van der Waals surface area contributed by atoms with Gasteiger partial charge in [-0.2, -0.15) is 5.10 Å². The summed E-state index contributed by atoms with van der Waals surface area (Å²) in [6.45, 7) is 8.83. The van der Waals surface area contributed by atoms with Gasteiger partial charge in [-0.3, -0.25) is 4.90 Å². The van der Waals surface area contributed by atoms with Crippen molar-refractivity contribution in [2.75, 3.05) is 33.9 Å². The number of nitrogens with zero attached hydrogens (tertiary/aromatic N) is 5. The molecule has 11 heteroatoms. The van der Waals surface area contributed by atoms with Gasteiger partial charge in [0, 0.05) is 78.5 Å². The number of pyridine rings is 2. The molecule has 0 radical (unpaired) electrons. The molecule has 0 saturated carbocycles. The average Bonchev–Trinajstić information content (AvgIpc) is 3.47. The van der Waals surface area contributed by atoms with Gasteiger partial charge in [0.05, 0.1) is 48.4 Å². The maximum absolute atomic E-state index is 10.3. The number of hydrogen-bond donors (Lipinski definition) is 3. The van der Waals surface area contributed by atoms with E-state index >= 15 is 0 Å². The van der Waals surface area contributed by atoms with Crippen LogP contribution >= 0.6 is 11.6 Å². The molecule has 0 aliphatic carbocycles. The van der Waals surface area contributed by atoms with Crippen molar-refractivity contribution in [3.8, 4) is 39.8 Å². The Hall–Kier alpha value is -4.06. The van der Waals surface area contributed by atoms with Crippen LogP contribution in [-0.4, -0.2) is 80.4 Å². The van der Waals surface area contributed by atoms with E-state index in [4.69, 9.17) is 31.2 Å². The van der Waals surface area contributed by atoms with E-state index in [1.54, 1.807) is 32.0 Å². The molecule has 246 valence electrons. The first-order valence-corrected chi connectivity index (χ1v) is 16.1. The number of aromatic nitrogens is 4. The smallest absolute Gasteiger partial charge is 0.218 e. The third-order valence-corrected chi connectivity index (χ3v) is 9.19. The van der Waals surface area contributed by atoms with Gasteiger partial charge in [0.15, 0.2) is 5.82 Å². The van der Waals surface area contributed by atoms with Gasteiger partial charge in [0.1, 0.15) is 5.75 Å². The maximum Gasteiger partial charge on any atom is 0.218 e. The Labute approximate surface area is 279 Å². The molecule has 3 N–H and O–H groups in total. The highest BCUT2D eigenvalue weighted by Gasteiger charge is 2.37. The van der Waals surface area contributed by atoms with E-state index in [9.17, 15) is 10.2 Å². The van der Waals surface area contributed by atoms with Crippen molar-refractivity contribution in [1.82, 2.24) is 30.0 Å². The first kappa shape index (κ1) is 32.9. The fourth-order valence-electron chi connectivity index (χ4n) is 6.02. The lowest BCUT2D eigenvalue weighted by molar-refractivity contribution is -0.0649. The van der Waals surface area contributed by atoms with Gasteiger partial charge in [-0.05, 0) is 38.5 Å². The summed E-state index contributed by atoms with van der Waals surface area (Å²) in [5, 5.41) is 29.3. The minimum absolute atomic E-state index is 0.257. The van der Waals surface area contributed by atoms with Crippen LogP contribution in [0.3, 0.4) is 0 Å². The number of methoxy groups -OCH3 is 2. The van der Waals surface area contributed by atoms with Crippen LogP contribution in [0.1, 0.15) is 31.9 Å². The highest BCUT2D eigenvalue weighted by molar-refractivity contribution is 6.36. The van der Waals surface area contributed by atoms with Crippen molar-refractivity contribution in [2.24, 2.45) is 5.92 Å². The lowest BCUT2D eigenvalue weighted by Gasteiger charge is -2.45. The van der Waals surface area contributed by atoms with Crippen LogP contribution < -0.4 is 14.8 Å². The van der Waals surface area contributed by atoms with Crippen LogP contribution in [0.2, 0.25) is 5.02 Å². The maximum atomic E-state index is 10.3. The number of nitrogens with one attached hydrogen (secondary N) is 1. The molecular formula is C36H41ClN6O4. The van der Waals surface area contributed by atoms with Crippen LogP contribution in [0.4, 0.5) is 0 Å². The molecule has 1 aliphatic heterocycles. The van der Waals surface area contributed by atoms with Crippen molar-refractivity contribution in [3.63, 3.8) is 0 Å². The predicted octanol–water partition coefficient (Wildman–Crippen LogP) is 5.49.